The van der Waals surface area contributed by atoms with Gasteiger partial charge in [-0.25, -0.2) is 13.8 Å². The van der Waals surface area contributed by atoms with Crippen LogP contribution in [-0.4, -0.2) is 49.7 Å². The van der Waals surface area contributed by atoms with Gasteiger partial charge in [0.2, 0.25) is 5.65 Å². The van der Waals surface area contributed by atoms with Crippen molar-refractivity contribution in [3.63, 3.8) is 0 Å². The summed E-state index contributed by atoms with van der Waals surface area (Å²) in [7, 11) is 0. The molecule has 0 amide bonds. The Morgan fingerprint density at radius 2 is 2.08 bits per heavy atom. The van der Waals surface area contributed by atoms with Gasteiger partial charge in [0.25, 0.3) is 0 Å². The summed E-state index contributed by atoms with van der Waals surface area (Å²) >= 11 is 0. The molecule has 25 heavy (non-hydrogen) atoms. The maximum atomic E-state index is 13.9. The molecule has 0 radical (unpaired) electrons. The maximum Gasteiger partial charge on any atom is 0.203 e. The molecule has 2 fully saturated rings. The lowest BCUT2D eigenvalue weighted by Crippen LogP contribution is -2.46. The zero-order chi connectivity index (χ0) is 17.0. The molecule has 0 saturated carbocycles. The van der Waals surface area contributed by atoms with Crippen molar-refractivity contribution in [1.82, 2.24) is 24.5 Å². The van der Waals surface area contributed by atoms with Gasteiger partial charge in [-0.2, -0.15) is 0 Å². The van der Waals surface area contributed by atoms with Gasteiger partial charge in [0, 0.05) is 49.7 Å². The number of hydrogen-bond acceptors (Lipinski definition) is 5. The molecule has 5 rings (SSSR count). The van der Waals surface area contributed by atoms with Crippen molar-refractivity contribution in [3.8, 4) is 0 Å². The fourth-order valence-electron chi connectivity index (χ4n) is 4.03. The number of likely N-dealkylation sites (tertiary alicyclic amines) is 1. The minimum Gasteiger partial charge on any atom is -0.348 e. The van der Waals surface area contributed by atoms with Gasteiger partial charge in [-0.3, -0.25) is 9.30 Å². The summed E-state index contributed by atoms with van der Waals surface area (Å²) in [6.45, 7) is 2.04. The third kappa shape index (κ3) is 2.36. The molecule has 2 bridgehead atoms. The molecule has 2 aliphatic heterocycles. The number of aromatic nitrogens is 4. The number of anilines is 1. The van der Waals surface area contributed by atoms with Gasteiger partial charge >= 0.3 is 0 Å². The van der Waals surface area contributed by atoms with E-state index < -0.39 is 5.82 Å². The van der Waals surface area contributed by atoms with Crippen LogP contribution in [0.4, 0.5) is 14.6 Å². The Hall–Kier alpha value is -2.61. The molecular weight excluding hydrogens is 326 g/mol. The number of fused-ring (bicyclic) bond motifs is 3. The molecule has 1 aromatic carbocycles. The van der Waals surface area contributed by atoms with E-state index in [-0.39, 0.29) is 5.82 Å². The molecular formula is C17H16F2N6. The van der Waals surface area contributed by atoms with Gasteiger partial charge in [-0.1, -0.05) is 0 Å². The highest BCUT2D eigenvalue weighted by molar-refractivity contribution is 5.64. The van der Waals surface area contributed by atoms with Crippen molar-refractivity contribution in [2.45, 2.75) is 25.0 Å². The molecule has 128 valence electrons. The Balaban J connectivity index is 1.37. The summed E-state index contributed by atoms with van der Waals surface area (Å²) in [5.41, 5.74) is 1.16. The van der Waals surface area contributed by atoms with Crippen molar-refractivity contribution in [2.75, 3.05) is 18.0 Å². The lowest BCUT2D eigenvalue weighted by atomic mass is 10.1. The first kappa shape index (κ1) is 14.7. The number of halogens is 2. The maximum absolute atomic E-state index is 13.9. The van der Waals surface area contributed by atoms with Gasteiger partial charge < -0.3 is 4.90 Å². The lowest BCUT2D eigenvalue weighted by molar-refractivity contribution is 0.227. The van der Waals surface area contributed by atoms with E-state index in [1.807, 2.05) is 10.6 Å². The molecule has 0 aliphatic carbocycles. The predicted molar refractivity (Wildman–Crippen MR) is 87.1 cm³/mol. The standard InChI is InChI=1S/C17H16F2N6/c18-12-1-2-15(19)11(5-12)7-24-8-14-6-13(24)9-25(14)16-17-22-21-10-23(17)4-3-20-16/h1-5,10,13-14H,6-9H2. The highest BCUT2D eigenvalue weighted by Gasteiger charge is 2.44. The zero-order valence-corrected chi connectivity index (χ0v) is 13.4. The number of hydrogen-bond donors (Lipinski definition) is 0. The third-order valence-electron chi connectivity index (χ3n) is 5.20. The number of nitrogens with zero attached hydrogens (tertiary/aromatic N) is 6. The monoisotopic (exact) mass is 342 g/mol. The molecule has 2 aliphatic rings. The van der Waals surface area contributed by atoms with Crippen LogP contribution in [0.25, 0.3) is 5.65 Å². The summed E-state index contributed by atoms with van der Waals surface area (Å²) in [6, 6.07) is 4.25. The van der Waals surface area contributed by atoms with Gasteiger partial charge in [0.1, 0.15) is 18.0 Å². The quantitative estimate of drug-likeness (QED) is 0.727. The van der Waals surface area contributed by atoms with Crippen LogP contribution in [0, 0.1) is 11.6 Å². The molecule has 4 heterocycles. The van der Waals surface area contributed by atoms with E-state index in [4.69, 9.17) is 0 Å². The second-order valence-corrected chi connectivity index (χ2v) is 6.67. The van der Waals surface area contributed by atoms with Crippen LogP contribution in [0.1, 0.15) is 12.0 Å². The largest absolute Gasteiger partial charge is 0.348 e. The molecule has 2 aromatic heterocycles. The first-order valence-electron chi connectivity index (χ1n) is 8.28. The minimum atomic E-state index is -0.398. The third-order valence-corrected chi connectivity index (χ3v) is 5.20. The van der Waals surface area contributed by atoms with E-state index in [1.54, 1.807) is 12.5 Å². The summed E-state index contributed by atoms with van der Waals surface area (Å²) < 4.78 is 29.2. The van der Waals surface area contributed by atoms with Crippen LogP contribution in [0.2, 0.25) is 0 Å². The summed E-state index contributed by atoms with van der Waals surface area (Å²) in [5, 5.41) is 8.10. The second-order valence-electron chi connectivity index (χ2n) is 6.67. The Labute approximate surface area is 142 Å². The average molecular weight is 342 g/mol. The highest BCUT2D eigenvalue weighted by atomic mass is 19.1. The fraction of sp³-hybridized carbons (Fsp3) is 0.353. The summed E-state index contributed by atoms with van der Waals surface area (Å²) in [4.78, 5) is 8.97. The van der Waals surface area contributed by atoms with Crippen molar-refractivity contribution >= 4 is 11.5 Å². The van der Waals surface area contributed by atoms with E-state index in [0.29, 0.717) is 24.2 Å². The van der Waals surface area contributed by atoms with Gasteiger partial charge in [0.05, 0.1) is 0 Å². The number of rotatable bonds is 3. The van der Waals surface area contributed by atoms with Crippen molar-refractivity contribution in [1.29, 1.82) is 0 Å². The Kier molecular flexibility index (Phi) is 3.21. The van der Waals surface area contributed by atoms with E-state index in [0.717, 1.165) is 37.0 Å². The minimum absolute atomic E-state index is 0.303. The van der Waals surface area contributed by atoms with E-state index >= 15 is 0 Å². The highest BCUT2D eigenvalue weighted by Crippen LogP contribution is 2.35. The molecule has 0 spiro atoms. The molecule has 0 N–H and O–H groups in total. The Bertz CT molecular complexity index is 942. The van der Waals surface area contributed by atoms with Crippen LogP contribution in [0.5, 0.6) is 0 Å². The number of piperazine rings is 1. The normalized spacial score (nSPS) is 23.0. The van der Waals surface area contributed by atoms with Crippen molar-refractivity contribution < 1.29 is 8.78 Å². The van der Waals surface area contributed by atoms with E-state index in [2.05, 4.69) is 25.0 Å². The number of benzene rings is 1. The SMILES string of the molecule is Fc1ccc(F)c(CN2CC3CC2CN3c2nccn3cnnc23)c1. The zero-order valence-electron chi connectivity index (χ0n) is 13.4. The molecule has 2 unspecified atom stereocenters. The van der Waals surface area contributed by atoms with Gasteiger partial charge in [-0.15, -0.1) is 10.2 Å². The van der Waals surface area contributed by atoms with Crippen LogP contribution in [-0.2, 0) is 6.54 Å². The Morgan fingerprint density at radius 1 is 1.16 bits per heavy atom. The molecule has 6 nitrogen and oxygen atoms in total. The summed E-state index contributed by atoms with van der Waals surface area (Å²) in [5.74, 6) is 0.0880. The van der Waals surface area contributed by atoms with E-state index in [9.17, 15) is 8.78 Å². The Morgan fingerprint density at radius 3 is 2.92 bits per heavy atom. The first-order chi connectivity index (χ1) is 12.2. The van der Waals surface area contributed by atoms with Crippen molar-refractivity contribution in [2.24, 2.45) is 0 Å². The molecule has 2 saturated heterocycles. The van der Waals surface area contributed by atoms with Crippen molar-refractivity contribution in [3.05, 3.63) is 54.1 Å². The lowest BCUT2D eigenvalue weighted by Gasteiger charge is -2.34. The molecule has 2 atom stereocenters. The van der Waals surface area contributed by atoms with Crippen LogP contribution in [0.3, 0.4) is 0 Å². The van der Waals surface area contributed by atoms with E-state index in [1.165, 1.54) is 12.1 Å². The summed E-state index contributed by atoms with van der Waals surface area (Å²) in [6.07, 6.45) is 6.23. The van der Waals surface area contributed by atoms with Gasteiger partial charge in [-0.05, 0) is 24.6 Å². The smallest absolute Gasteiger partial charge is 0.203 e. The predicted octanol–water partition coefficient (Wildman–Crippen LogP) is 1.87. The molecule has 8 heteroatoms. The van der Waals surface area contributed by atoms with Crippen LogP contribution in [0.15, 0.2) is 36.9 Å². The first-order valence-corrected chi connectivity index (χ1v) is 8.28. The molecule has 3 aromatic rings. The van der Waals surface area contributed by atoms with Crippen LogP contribution < -0.4 is 4.90 Å². The second kappa shape index (κ2) is 5.45. The van der Waals surface area contributed by atoms with Gasteiger partial charge in [0.15, 0.2) is 5.82 Å². The average Bonchev–Trinajstić information content (AvgIpc) is 3.32. The van der Waals surface area contributed by atoms with Crippen LogP contribution >= 0.6 is 0 Å². The fourth-order valence-corrected chi connectivity index (χ4v) is 4.03. The topological polar surface area (TPSA) is 49.6 Å².